The molecule has 0 aromatic rings. The third-order valence-corrected chi connectivity index (χ3v) is 5.47. The van der Waals surface area contributed by atoms with Gasteiger partial charge in [0.05, 0.1) is 6.10 Å². The summed E-state index contributed by atoms with van der Waals surface area (Å²) in [5, 5.41) is 9.40. The second-order valence-electron chi connectivity index (χ2n) is 7.08. The summed E-state index contributed by atoms with van der Waals surface area (Å²) in [5.41, 5.74) is 0.103. The van der Waals surface area contributed by atoms with Crippen LogP contribution < -0.4 is 0 Å². The molecule has 98 valence electrons. The van der Waals surface area contributed by atoms with E-state index in [4.69, 9.17) is 9.47 Å². The van der Waals surface area contributed by atoms with Crippen molar-refractivity contribution in [1.82, 2.24) is 0 Å². The van der Waals surface area contributed by atoms with E-state index in [1.807, 2.05) is 13.8 Å². The van der Waals surface area contributed by atoms with E-state index in [1.54, 1.807) is 0 Å². The largest absolute Gasteiger partial charge is 0.396 e. The number of aliphatic hydroxyl groups excluding tert-OH is 1. The van der Waals surface area contributed by atoms with Crippen molar-refractivity contribution in [3.05, 3.63) is 0 Å². The third kappa shape index (κ3) is 1.39. The fourth-order valence-electron chi connectivity index (χ4n) is 4.60. The van der Waals surface area contributed by atoms with Crippen molar-refractivity contribution in [2.24, 2.45) is 17.3 Å². The minimum atomic E-state index is -0.493. The molecule has 0 aromatic heterocycles. The van der Waals surface area contributed by atoms with E-state index < -0.39 is 5.79 Å². The maximum absolute atomic E-state index is 9.40. The molecular weight excluding hydrogens is 216 g/mol. The molecule has 0 amide bonds. The fraction of sp³-hybridized carbons (Fsp3) is 1.00. The molecule has 1 heterocycles. The van der Waals surface area contributed by atoms with Crippen molar-refractivity contribution in [2.45, 2.75) is 64.4 Å². The fourth-order valence-corrected chi connectivity index (χ4v) is 4.60. The van der Waals surface area contributed by atoms with Gasteiger partial charge in [-0.25, -0.2) is 0 Å². The van der Waals surface area contributed by atoms with E-state index >= 15 is 0 Å². The molecule has 1 saturated heterocycles. The summed E-state index contributed by atoms with van der Waals surface area (Å²) in [6.45, 7) is 8.86. The number of ether oxygens (including phenoxy) is 2. The maximum atomic E-state index is 9.40. The minimum absolute atomic E-state index is 0.182. The zero-order valence-electron chi connectivity index (χ0n) is 11.3. The van der Waals surface area contributed by atoms with Crippen LogP contribution in [0.25, 0.3) is 0 Å². The van der Waals surface area contributed by atoms with Gasteiger partial charge in [0, 0.05) is 13.0 Å². The van der Waals surface area contributed by atoms with Gasteiger partial charge in [-0.15, -0.1) is 0 Å². The number of hydrogen-bond acceptors (Lipinski definition) is 3. The van der Waals surface area contributed by atoms with Gasteiger partial charge in [-0.1, -0.05) is 13.8 Å². The number of hydrogen-bond donors (Lipinski definition) is 1. The first-order valence-corrected chi connectivity index (χ1v) is 6.81. The van der Waals surface area contributed by atoms with Gasteiger partial charge in [0.2, 0.25) is 0 Å². The molecule has 3 nitrogen and oxygen atoms in total. The van der Waals surface area contributed by atoms with Gasteiger partial charge in [0.1, 0.15) is 5.60 Å². The number of rotatable bonds is 2. The Balaban J connectivity index is 1.96. The first kappa shape index (κ1) is 11.9. The molecule has 17 heavy (non-hydrogen) atoms. The Morgan fingerprint density at radius 1 is 1.18 bits per heavy atom. The first-order chi connectivity index (χ1) is 7.82. The highest BCUT2D eigenvalue weighted by Gasteiger charge is 2.70. The van der Waals surface area contributed by atoms with Crippen molar-refractivity contribution >= 4 is 0 Å². The average molecular weight is 240 g/mol. The molecule has 4 fully saturated rings. The van der Waals surface area contributed by atoms with Gasteiger partial charge in [-0.2, -0.15) is 0 Å². The lowest BCUT2D eigenvalue weighted by atomic mass is 9.43. The predicted octanol–water partition coefficient (Wildman–Crippen LogP) is 2.33. The monoisotopic (exact) mass is 240 g/mol. The summed E-state index contributed by atoms with van der Waals surface area (Å²) in [6, 6.07) is 0. The Kier molecular flexibility index (Phi) is 2.28. The minimum Gasteiger partial charge on any atom is -0.396 e. The van der Waals surface area contributed by atoms with Crippen LogP contribution >= 0.6 is 0 Å². The van der Waals surface area contributed by atoms with Gasteiger partial charge < -0.3 is 14.6 Å². The van der Waals surface area contributed by atoms with Crippen molar-refractivity contribution in [1.29, 1.82) is 0 Å². The van der Waals surface area contributed by atoms with E-state index in [0.717, 1.165) is 12.3 Å². The van der Waals surface area contributed by atoms with Crippen molar-refractivity contribution in [2.75, 3.05) is 6.61 Å². The molecule has 2 bridgehead atoms. The van der Waals surface area contributed by atoms with Crippen LogP contribution in [0.4, 0.5) is 0 Å². The lowest BCUT2D eigenvalue weighted by Gasteiger charge is -2.64. The normalized spacial score (nSPS) is 49.6. The van der Waals surface area contributed by atoms with E-state index in [0.29, 0.717) is 17.8 Å². The molecule has 0 aromatic carbocycles. The van der Waals surface area contributed by atoms with Gasteiger partial charge in [-0.05, 0) is 43.9 Å². The molecule has 1 N–H and O–H groups in total. The zero-order chi connectivity index (χ0) is 12.5. The SMILES string of the molecule is CC1(C)O[C@H]2C[C@H]3C[C@H](C3(C)C)[C@@]2(CCO)O1. The Morgan fingerprint density at radius 2 is 1.88 bits per heavy atom. The van der Waals surface area contributed by atoms with Crippen LogP contribution in [-0.2, 0) is 9.47 Å². The Bertz CT molecular complexity index is 336. The van der Waals surface area contributed by atoms with E-state index in [-0.39, 0.29) is 18.3 Å². The first-order valence-electron chi connectivity index (χ1n) is 6.81. The van der Waals surface area contributed by atoms with Crippen LogP contribution in [0.3, 0.4) is 0 Å². The molecule has 3 saturated carbocycles. The second-order valence-corrected chi connectivity index (χ2v) is 7.08. The predicted molar refractivity (Wildman–Crippen MR) is 64.5 cm³/mol. The summed E-state index contributed by atoms with van der Waals surface area (Å²) in [6.07, 6.45) is 3.22. The highest BCUT2D eigenvalue weighted by molar-refractivity contribution is 5.17. The Hall–Kier alpha value is -0.120. The molecule has 4 atom stereocenters. The lowest BCUT2D eigenvalue weighted by molar-refractivity contribution is -0.234. The summed E-state index contributed by atoms with van der Waals surface area (Å²) < 4.78 is 12.4. The average Bonchev–Trinajstić information content (AvgIpc) is 2.47. The van der Waals surface area contributed by atoms with Crippen LogP contribution in [0, 0.1) is 17.3 Å². The quantitative estimate of drug-likeness (QED) is 0.805. The van der Waals surface area contributed by atoms with Crippen molar-refractivity contribution < 1.29 is 14.6 Å². The smallest absolute Gasteiger partial charge is 0.164 e. The van der Waals surface area contributed by atoms with Crippen molar-refractivity contribution in [3.8, 4) is 0 Å². The molecule has 1 aliphatic heterocycles. The third-order valence-electron chi connectivity index (χ3n) is 5.47. The molecule has 4 aliphatic rings. The standard InChI is InChI=1S/C14H24O3/c1-12(2)9-7-10(12)14(5-6-15)11(8-9)16-13(3,4)17-14/h9-11,15H,5-8H2,1-4H3/t9-,10-,11+,14-/m1/s1. The van der Waals surface area contributed by atoms with E-state index in [9.17, 15) is 5.11 Å². The maximum Gasteiger partial charge on any atom is 0.164 e. The second kappa shape index (κ2) is 3.25. The highest BCUT2D eigenvalue weighted by atomic mass is 16.8. The van der Waals surface area contributed by atoms with Crippen LogP contribution in [0.1, 0.15) is 47.0 Å². The summed E-state index contributed by atoms with van der Waals surface area (Å²) >= 11 is 0. The van der Waals surface area contributed by atoms with Gasteiger partial charge >= 0.3 is 0 Å². The summed E-state index contributed by atoms with van der Waals surface area (Å²) in [7, 11) is 0. The van der Waals surface area contributed by atoms with Gasteiger partial charge in [-0.3, -0.25) is 0 Å². The van der Waals surface area contributed by atoms with Crippen LogP contribution in [-0.4, -0.2) is 29.2 Å². The zero-order valence-corrected chi connectivity index (χ0v) is 11.3. The van der Waals surface area contributed by atoms with Crippen LogP contribution in [0.2, 0.25) is 0 Å². The topological polar surface area (TPSA) is 38.7 Å². The Labute approximate surface area is 103 Å². The van der Waals surface area contributed by atoms with Crippen LogP contribution in [0.15, 0.2) is 0 Å². The summed E-state index contributed by atoms with van der Waals surface area (Å²) in [4.78, 5) is 0. The molecule has 0 unspecified atom stereocenters. The number of aliphatic hydroxyl groups is 1. The van der Waals surface area contributed by atoms with Crippen molar-refractivity contribution in [3.63, 3.8) is 0 Å². The molecule has 3 heteroatoms. The molecule has 0 spiro atoms. The highest BCUT2D eigenvalue weighted by Crippen LogP contribution is 2.67. The lowest BCUT2D eigenvalue weighted by Crippen LogP contribution is -2.67. The van der Waals surface area contributed by atoms with E-state index in [2.05, 4.69) is 13.8 Å². The van der Waals surface area contributed by atoms with Crippen LogP contribution in [0.5, 0.6) is 0 Å². The van der Waals surface area contributed by atoms with Gasteiger partial charge in [0.25, 0.3) is 0 Å². The summed E-state index contributed by atoms with van der Waals surface area (Å²) in [5.74, 6) is 0.808. The molecule has 4 rings (SSSR count). The molecule has 3 aliphatic carbocycles. The molecular formula is C14H24O3. The molecule has 0 radical (unpaired) electrons. The Morgan fingerprint density at radius 3 is 2.47 bits per heavy atom. The van der Waals surface area contributed by atoms with Gasteiger partial charge in [0.15, 0.2) is 5.79 Å². The van der Waals surface area contributed by atoms with E-state index in [1.165, 1.54) is 6.42 Å².